The van der Waals surface area contributed by atoms with E-state index >= 15 is 0 Å². The summed E-state index contributed by atoms with van der Waals surface area (Å²) in [6.45, 7) is 8.66. The molecule has 0 saturated heterocycles. The van der Waals surface area contributed by atoms with E-state index in [9.17, 15) is 4.79 Å². The molecule has 2 unspecified atom stereocenters. The summed E-state index contributed by atoms with van der Waals surface area (Å²) in [6.07, 6.45) is 3.41. The Labute approximate surface area is 111 Å². The lowest BCUT2D eigenvalue weighted by atomic mass is 9.73. The lowest BCUT2D eigenvalue weighted by Crippen LogP contribution is -2.27. The van der Waals surface area contributed by atoms with E-state index in [4.69, 9.17) is 0 Å². The molecule has 1 nitrogen and oxygen atoms in total. The van der Waals surface area contributed by atoms with E-state index in [0.717, 1.165) is 29.5 Å². The molecule has 1 aromatic carbocycles. The van der Waals surface area contributed by atoms with Gasteiger partial charge < -0.3 is 0 Å². The highest BCUT2D eigenvalue weighted by molar-refractivity contribution is 6.00. The number of ketones is 1. The van der Waals surface area contributed by atoms with Crippen LogP contribution in [0.1, 0.15) is 54.6 Å². The standard InChI is InChI=1S/C17H24O/c1-11-8-12(2)10-15(9-11)17(18)16-13(3)6-5-7-14(16)4/h5-7,11-12,15H,8-10H2,1-4H3. The number of rotatable bonds is 2. The number of carbonyl (C=O) groups excluding carboxylic acids is 1. The van der Waals surface area contributed by atoms with Crippen LogP contribution in [0.5, 0.6) is 0 Å². The van der Waals surface area contributed by atoms with Gasteiger partial charge in [0.15, 0.2) is 5.78 Å². The van der Waals surface area contributed by atoms with Gasteiger partial charge in [-0.3, -0.25) is 4.79 Å². The summed E-state index contributed by atoms with van der Waals surface area (Å²) in [5.41, 5.74) is 3.24. The lowest BCUT2D eigenvalue weighted by molar-refractivity contribution is 0.0835. The maximum atomic E-state index is 12.7. The second-order valence-electron chi connectivity index (χ2n) is 6.25. The van der Waals surface area contributed by atoms with Crippen molar-refractivity contribution in [2.45, 2.75) is 47.0 Å². The average molecular weight is 244 g/mol. The molecule has 0 aliphatic heterocycles. The Morgan fingerprint density at radius 1 is 1.00 bits per heavy atom. The second kappa shape index (κ2) is 5.26. The summed E-state index contributed by atoms with van der Waals surface area (Å²) in [5, 5.41) is 0. The highest BCUT2D eigenvalue weighted by Gasteiger charge is 2.30. The Balaban J connectivity index is 2.26. The third-order valence-electron chi connectivity index (χ3n) is 4.28. The molecular weight excluding hydrogens is 220 g/mol. The maximum Gasteiger partial charge on any atom is 0.166 e. The monoisotopic (exact) mass is 244 g/mol. The Hall–Kier alpha value is -1.11. The maximum absolute atomic E-state index is 12.7. The SMILES string of the molecule is Cc1cccc(C)c1C(=O)C1CC(C)CC(C)C1. The molecule has 0 aromatic heterocycles. The molecule has 0 spiro atoms. The number of carbonyl (C=O) groups is 1. The van der Waals surface area contributed by atoms with Gasteiger partial charge in [0.2, 0.25) is 0 Å². The van der Waals surface area contributed by atoms with Crippen molar-refractivity contribution < 1.29 is 4.79 Å². The van der Waals surface area contributed by atoms with E-state index in [2.05, 4.69) is 39.8 Å². The molecule has 1 fully saturated rings. The van der Waals surface area contributed by atoms with Gasteiger partial charge in [0.25, 0.3) is 0 Å². The number of benzene rings is 1. The predicted molar refractivity (Wildman–Crippen MR) is 75.9 cm³/mol. The van der Waals surface area contributed by atoms with Crippen molar-refractivity contribution in [3.8, 4) is 0 Å². The molecule has 1 aliphatic carbocycles. The minimum absolute atomic E-state index is 0.239. The molecule has 2 rings (SSSR count). The topological polar surface area (TPSA) is 17.1 Å². The van der Waals surface area contributed by atoms with E-state index in [0.29, 0.717) is 17.6 Å². The fourth-order valence-electron chi connectivity index (χ4n) is 3.57. The zero-order valence-corrected chi connectivity index (χ0v) is 12.0. The van der Waals surface area contributed by atoms with Gasteiger partial charge in [-0.1, -0.05) is 32.0 Å². The Morgan fingerprint density at radius 2 is 1.50 bits per heavy atom. The van der Waals surface area contributed by atoms with Gasteiger partial charge in [0.1, 0.15) is 0 Å². The largest absolute Gasteiger partial charge is 0.294 e. The molecule has 0 radical (unpaired) electrons. The van der Waals surface area contributed by atoms with Crippen LogP contribution >= 0.6 is 0 Å². The molecule has 0 bridgehead atoms. The van der Waals surface area contributed by atoms with Crippen molar-refractivity contribution in [2.75, 3.05) is 0 Å². The summed E-state index contributed by atoms with van der Waals surface area (Å²) in [7, 11) is 0. The Kier molecular flexibility index (Phi) is 3.89. The van der Waals surface area contributed by atoms with Crippen LogP contribution in [0.4, 0.5) is 0 Å². The smallest absolute Gasteiger partial charge is 0.166 e. The predicted octanol–water partition coefficient (Wildman–Crippen LogP) is 4.56. The van der Waals surface area contributed by atoms with Gasteiger partial charge in [-0.15, -0.1) is 0 Å². The van der Waals surface area contributed by atoms with Gasteiger partial charge in [-0.05, 0) is 56.1 Å². The minimum Gasteiger partial charge on any atom is -0.294 e. The van der Waals surface area contributed by atoms with E-state index < -0.39 is 0 Å². The van der Waals surface area contributed by atoms with Crippen LogP contribution in [0.15, 0.2) is 18.2 Å². The molecule has 98 valence electrons. The Morgan fingerprint density at radius 3 is 2.00 bits per heavy atom. The molecule has 1 heteroatoms. The molecule has 1 aromatic rings. The normalized spacial score (nSPS) is 28.1. The molecule has 1 aliphatic rings. The highest BCUT2D eigenvalue weighted by atomic mass is 16.1. The number of aryl methyl sites for hydroxylation is 2. The molecule has 1 saturated carbocycles. The molecule has 2 atom stereocenters. The first-order valence-corrected chi connectivity index (χ1v) is 7.09. The van der Waals surface area contributed by atoms with Gasteiger partial charge in [-0.2, -0.15) is 0 Å². The van der Waals surface area contributed by atoms with Gasteiger partial charge in [-0.25, -0.2) is 0 Å². The fraction of sp³-hybridized carbons (Fsp3) is 0.588. The molecule has 0 N–H and O–H groups in total. The third kappa shape index (κ3) is 2.66. The number of hydrogen-bond donors (Lipinski definition) is 0. The third-order valence-corrected chi connectivity index (χ3v) is 4.28. The van der Waals surface area contributed by atoms with Crippen molar-refractivity contribution >= 4 is 5.78 Å². The zero-order valence-electron chi connectivity index (χ0n) is 12.0. The summed E-state index contributed by atoms with van der Waals surface area (Å²) < 4.78 is 0. The first kappa shape index (κ1) is 13.3. The molecule has 0 heterocycles. The van der Waals surface area contributed by atoms with Crippen LogP contribution in [0.3, 0.4) is 0 Å². The van der Waals surface area contributed by atoms with Crippen LogP contribution < -0.4 is 0 Å². The van der Waals surface area contributed by atoms with Crippen LogP contribution in [0.2, 0.25) is 0 Å². The van der Waals surface area contributed by atoms with Crippen LogP contribution in [0.25, 0.3) is 0 Å². The van der Waals surface area contributed by atoms with Gasteiger partial charge in [0, 0.05) is 11.5 Å². The highest BCUT2D eigenvalue weighted by Crippen LogP contribution is 2.35. The Bertz CT molecular complexity index is 417. The van der Waals surface area contributed by atoms with Crippen molar-refractivity contribution in [3.05, 3.63) is 34.9 Å². The first-order chi connectivity index (χ1) is 8.49. The summed E-state index contributed by atoms with van der Waals surface area (Å²) in [5.74, 6) is 1.99. The minimum atomic E-state index is 0.239. The molecular formula is C17H24O. The number of hydrogen-bond acceptors (Lipinski definition) is 1. The first-order valence-electron chi connectivity index (χ1n) is 7.09. The van der Waals surface area contributed by atoms with Gasteiger partial charge in [0.05, 0.1) is 0 Å². The van der Waals surface area contributed by atoms with Crippen LogP contribution in [-0.2, 0) is 0 Å². The van der Waals surface area contributed by atoms with Gasteiger partial charge >= 0.3 is 0 Å². The van der Waals surface area contributed by atoms with Crippen LogP contribution in [-0.4, -0.2) is 5.78 Å². The second-order valence-corrected chi connectivity index (χ2v) is 6.25. The summed E-state index contributed by atoms with van der Waals surface area (Å²) >= 11 is 0. The average Bonchev–Trinajstić information content (AvgIpc) is 2.27. The summed E-state index contributed by atoms with van der Waals surface area (Å²) in [6, 6.07) is 6.14. The van der Waals surface area contributed by atoms with Crippen molar-refractivity contribution in [1.29, 1.82) is 0 Å². The fourth-order valence-corrected chi connectivity index (χ4v) is 3.57. The lowest BCUT2D eigenvalue weighted by Gasteiger charge is -2.31. The quantitative estimate of drug-likeness (QED) is 0.697. The zero-order chi connectivity index (χ0) is 13.3. The van der Waals surface area contributed by atoms with Crippen molar-refractivity contribution in [2.24, 2.45) is 17.8 Å². The van der Waals surface area contributed by atoms with E-state index in [1.165, 1.54) is 6.42 Å². The van der Waals surface area contributed by atoms with Crippen LogP contribution in [0, 0.1) is 31.6 Å². The van der Waals surface area contributed by atoms with E-state index in [1.54, 1.807) is 0 Å². The van der Waals surface area contributed by atoms with E-state index in [-0.39, 0.29) is 5.92 Å². The van der Waals surface area contributed by atoms with Crippen molar-refractivity contribution in [3.63, 3.8) is 0 Å². The molecule has 18 heavy (non-hydrogen) atoms. The molecule has 0 amide bonds. The van der Waals surface area contributed by atoms with Crippen molar-refractivity contribution in [1.82, 2.24) is 0 Å². The van der Waals surface area contributed by atoms with E-state index in [1.807, 2.05) is 6.07 Å². The number of Topliss-reactive ketones (excluding diaryl/α,β-unsaturated/α-hetero) is 1. The summed E-state index contributed by atoms with van der Waals surface area (Å²) in [4.78, 5) is 12.7.